The highest BCUT2D eigenvalue weighted by molar-refractivity contribution is 7.89. The molecule has 0 radical (unpaired) electrons. The number of hydrogen-bond donors (Lipinski definition) is 2. The van der Waals surface area contributed by atoms with E-state index in [-0.39, 0.29) is 4.90 Å². The third kappa shape index (κ3) is 5.28. The first kappa shape index (κ1) is 18.8. The van der Waals surface area contributed by atoms with Gasteiger partial charge in [-0.1, -0.05) is 41.9 Å². The van der Waals surface area contributed by atoms with Crippen LogP contribution in [-0.2, 0) is 23.0 Å². The van der Waals surface area contributed by atoms with Crippen LogP contribution in [0.15, 0.2) is 65.7 Å². The van der Waals surface area contributed by atoms with E-state index in [1.807, 2.05) is 30.3 Å². The van der Waals surface area contributed by atoms with Gasteiger partial charge in [-0.15, -0.1) is 11.3 Å². The molecule has 0 unspecified atom stereocenters. The Labute approximate surface area is 162 Å². The van der Waals surface area contributed by atoms with Crippen LogP contribution in [-0.4, -0.2) is 19.9 Å². The summed E-state index contributed by atoms with van der Waals surface area (Å²) in [6.07, 6.45) is 2.37. The summed E-state index contributed by atoms with van der Waals surface area (Å²) in [5, 5.41) is 3.21. The summed E-state index contributed by atoms with van der Waals surface area (Å²) >= 11 is 7.21. The van der Waals surface area contributed by atoms with Crippen molar-refractivity contribution in [2.75, 3.05) is 11.9 Å². The number of hydrogen-bond acceptors (Lipinski definition) is 5. The molecule has 26 heavy (non-hydrogen) atoms. The van der Waals surface area contributed by atoms with E-state index in [2.05, 4.69) is 15.0 Å². The van der Waals surface area contributed by atoms with Crippen molar-refractivity contribution in [1.82, 2.24) is 9.71 Å². The predicted molar refractivity (Wildman–Crippen MR) is 106 cm³/mol. The SMILES string of the molecule is O=S(=O)(NCCc1ccccc1)c1ccc(NCc2cnc(Cl)s2)cc1. The number of nitrogens with one attached hydrogen (secondary N) is 2. The van der Waals surface area contributed by atoms with Crippen LogP contribution in [0.2, 0.25) is 4.47 Å². The minimum atomic E-state index is -3.51. The number of nitrogens with zero attached hydrogens (tertiary/aromatic N) is 1. The van der Waals surface area contributed by atoms with Gasteiger partial charge in [-0.25, -0.2) is 18.1 Å². The van der Waals surface area contributed by atoms with E-state index in [1.165, 1.54) is 11.3 Å². The summed E-state index contributed by atoms with van der Waals surface area (Å²) in [6, 6.07) is 16.4. The molecule has 1 heterocycles. The fourth-order valence-electron chi connectivity index (χ4n) is 2.36. The first-order chi connectivity index (χ1) is 12.5. The summed E-state index contributed by atoms with van der Waals surface area (Å²) in [5.41, 5.74) is 1.93. The molecule has 8 heteroatoms. The van der Waals surface area contributed by atoms with Crippen molar-refractivity contribution in [3.05, 3.63) is 75.7 Å². The fraction of sp³-hybridized carbons (Fsp3) is 0.167. The molecule has 1 aromatic heterocycles. The molecule has 0 aliphatic heterocycles. The summed E-state index contributed by atoms with van der Waals surface area (Å²) in [7, 11) is -3.51. The lowest BCUT2D eigenvalue weighted by Crippen LogP contribution is -2.26. The summed E-state index contributed by atoms with van der Waals surface area (Å²) in [6.45, 7) is 0.949. The molecule has 136 valence electrons. The molecule has 0 saturated heterocycles. The number of rotatable bonds is 8. The van der Waals surface area contributed by atoms with E-state index in [1.54, 1.807) is 30.5 Å². The standard InChI is InChI=1S/C18H18ClN3O2S2/c19-18-21-13-16(25-18)12-20-15-6-8-17(9-7-15)26(23,24)22-11-10-14-4-2-1-3-5-14/h1-9,13,20,22H,10-12H2. The maximum atomic E-state index is 12.4. The topological polar surface area (TPSA) is 71.1 Å². The molecular formula is C18H18ClN3O2S2. The van der Waals surface area contributed by atoms with Crippen LogP contribution in [0.5, 0.6) is 0 Å². The number of anilines is 1. The Hall–Kier alpha value is -1.93. The second-order valence-corrected chi connectivity index (χ2v) is 9.06. The summed E-state index contributed by atoms with van der Waals surface area (Å²) in [5.74, 6) is 0. The van der Waals surface area contributed by atoms with Crippen molar-refractivity contribution in [3.63, 3.8) is 0 Å². The van der Waals surface area contributed by atoms with Gasteiger partial charge >= 0.3 is 0 Å². The minimum Gasteiger partial charge on any atom is -0.380 e. The molecule has 2 aromatic carbocycles. The second kappa shape index (κ2) is 8.64. The molecule has 0 amide bonds. The molecule has 3 rings (SSSR count). The monoisotopic (exact) mass is 407 g/mol. The average molecular weight is 408 g/mol. The Morgan fingerprint density at radius 1 is 1.04 bits per heavy atom. The van der Waals surface area contributed by atoms with Gasteiger partial charge in [0.25, 0.3) is 0 Å². The molecule has 5 nitrogen and oxygen atoms in total. The number of thiazole rings is 1. The molecule has 0 fully saturated rings. The van der Waals surface area contributed by atoms with E-state index < -0.39 is 10.0 Å². The Balaban J connectivity index is 1.54. The van der Waals surface area contributed by atoms with Crippen LogP contribution >= 0.6 is 22.9 Å². The average Bonchev–Trinajstić information content (AvgIpc) is 3.06. The van der Waals surface area contributed by atoms with Gasteiger partial charge < -0.3 is 5.32 Å². The van der Waals surface area contributed by atoms with Crippen molar-refractivity contribution in [2.24, 2.45) is 0 Å². The molecule has 3 aromatic rings. The Bertz CT molecular complexity index is 942. The van der Waals surface area contributed by atoms with Crippen LogP contribution in [0.25, 0.3) is 0 Å². The van der Waals surface area contributed by atoms with E-state index >= 15 is 0 Å². The molecule has 2 N–H and O–H groups in total. The third-order valence-corrected chi connectivity index (χ3v) is 6.30. The van der Waals surface area contributed by atoms with E-state index in [0.29, 0.717) is 24.0 Å². The molecule has 0 aliphatic rings. The van der Waals surface area contributed by atoms with E-state index in [9.17, 15) is 8.42 Å². The minimum absolute atomic E-state index is 0.247. The maximum absolute atomic E-state index is 12.4. The first-order valence-electron chi connectivity index (χ1n) is 8.01. The van der Waals surface area contributed by atoms with Gasteiger partial charge in [-0.3, -0.25) is 0 Å². The highest BCUT2D eigenvalue weighted by Gasteiger charge is 2.13. The number of sulfonamides is 1. The van der Waals surface area contributed by atoms with Crippen LogP contribution in [0.4, 0.5) is 5.69 Å². The third-order valence-electron chi connectivity index (χ3n) is 3.71. The summed E-state index contributed by atoms with van der Waals surface area (Å²) in [4.78, 5) is 5.24. The van der Waals surface area contributed by atoms with Gasteiger partial charge in [0.2, 0.25) is 10.0 Å². The lowest BCUT2D eigenvalue weighted by Gasteiger charge is -2.09. The zero-order chi connectivity index (χ0) is 18.4. The lowest BCUT2D eigenvalue weighted by atomic mass is 10.2. The number of aromatic nitrogens is 1. The van der Waals surface area contributed by atoms with Gasteiger partial charge in [-0.2, -0.15) is 0 Å². The number of halogens is 1. The molecule has 0 atom stereocenters. The normalized spacial score (nSPS) is 11.4. The maximum Gasteiger partial charge on any atom is 0.240 e. The molecular weight excluding hydrogens is 390 g/mol. The van der Waals surface area contributed by atoms with Gasteiger partial charge in [0.15, 0.2) is 4.47 Å². The first-order valence-corrected chi connectivity index (χ1v) is 10.7. The lowest BCUT2D eigenvalue weighted by molar-refractivity contribution is 0.581. The fourth-order valence-corrected chi connectivity index (χ4v) is 4.31. The van der Waals surface area contributed by atoms with Crippen molar-refractivity contribution >= 4 is 38.6 Å². The highest BCUT2D eigenvalue weighted by atomic mass is 35.5. The van der Waals surface area contributed by atoms with Crippen molar-refractivity contribution in [1.29, 1.82) is 0 Å². The van der Waals surface area contributed by atoms with Crippen molar-refractivity contribution in [2.45, 2.75) is 17.9 Å². The smallest absolute Gasteiger partial charge is 0.240 e. The zero-order valence-electron chi connectivity index (χ0n) is 13.9. The zero-order valence-corrected chi connectivity index (χ0v) is 16.2. The second-order valence-electron chi connectivity index (χ2n) is 5.59. The van der Waals surface area contributed by atoms with Crippen LogP contribution in [0.3, 0.4) is 0 Å². The van der Waals surface area contributed by atoms with Crippen LogP contribution in [0, 0.1) is 0 Å². The Kier molecular flexibility index (Phi) is 6.26. The largest absolute Gasteiger partial charge is 0.380 e. The van der Waals surface area contributed by atoms with Crippen LogP contribution < -0.4 is 10.0 Å². The highest BCUT2D eigenvalue weighted by Crippen LogP contribution is 2.20. The predicted octanol–water partition coefficient (Wildman–Crippen LogP) is 3.93. The van der Waals surface area contributed by atoms with Crippen molar-refractivity contribution in [3.8, 4) is 0 Å². The molecule has 0 saturated carbocycles. The Morgan fingerprint density at radius 2 is 1.77 bits per heavy atom. The van der Waals surface area contributed by atoms with Gasteiger partial charge in [0, 0.05) is 23.3 Å². The van der Waals surface area contributed by atoms with Gasteiger partial charge in [0.1, 0.15) is 0 Å². The van der Waals surface area contributed by atoms with Gasteiger partial charge in [0.05, 0.1) is 11.4 Å². The molecule has 0 aliphatic carbocycles. The van der Waals surface area contributed by atoms with E-state index in [4.69, 9.17) is 11.6 Å². The van der Waals surface area contributed by atoms with E-state index in [0.717, 1.165) is 16.1 Å². The Morgan fingerprint density at radius 3 is 2.42 bits per heavy atom. The molecule has 0 bridgehead atoms. The molecule has 0 spiro atoms. The van der Waals surface area contributed by atoms with Crippen LogP contribution in [0.1, 0.15) is 10.4 Å². The van der Waals surface area contributed by atoms with Gasteiger partial charge in [-0.05, 0) is 36.2 Å². The summed E-state index contributed by atoms with van der Waals surface area (Å²) < 4.78 is 27.9. The quantitative estimate of drug-likeness (QED) is 0.593. The van der Waals surface area contributed by atoms with Crippen molar-refractivity contribution < 1.29 is 8.42 Å². The number of benzene rings is 2.